The van der Waals surface area contributed by atoms with Gasteiger partial charge in [-0.05, 0) is 86.2 Å². The number of fused-ring (bicyclic) bond motifs is 3. The van der Waals surface area contributed by atoms with E-state index in [9.17, 15) is 42.3 Å². The van der Waals surface area contributed by atoms with Crippen LogP contribution in [0.1, 0.15) is 85.2 Å². The number of hydrogen-bond donors (Lipinski definition) is 3. The van der Waals surface area contributed by atoms with E-state index < -0.39 is 41.8 Å². The smallest absolute Gasteiger partial charge is 0.435 e. The molecule has 0 saturated carbocycles. The highest BCUT2D eigenvalue weighted by Gasteiger charge is 2.40. The number of aliphatic hydroxyl groups is 1. The van der Waals surface area contributed by atoms with Gasteiger partial charge in [0.25, 0.3) is 5.91 Å². The number of hydrogen-bond acceptors (Lipinski definition) is 12. The number of anilines is 2. The molecule has 2 fully saturated rings. The van der Waals surface area contributed by atoms with Gasteiger partial charge in [0.05, 0.1) is 39.9 Å². The van der Waals surface area contributed by atoms with Gasteiger partial charge in [0.15, 0.2) is 23.6 Å². The lowest BCUT2D eigenvalue weighted by Gasteiger charge is -2.38. The Labute approximate surface area is 446 Å². The quantitative estimate of drug-likeness (QED) is 0.0936. The summed E-state index contributed by atoms with van der Waals surface area (Å²) in [4.78, 5) is 79.8. The number of halogens is 4. The van der Waals surface area contributed by atoms with Crippen LogP contribution in [0, 0.1) is 5.92 Å². The van der Waals surface area contributed by atoms with E-state index in [2.05, 4.69) is 20.4 Å². The summed E-state index contributed by atoms with van der Waals surface area (Å²) in [7, 11) is 1.43. The largest absolute Gasteiger partial charge is 0.448 e. The lowest BCUT2D eigenvalue weighted by Crippen LogP contribution is -2.53. The molecule has 3 aliphatic rings. The number of benzene rings is 3. The molecule has 1 unspecified atom stereocenters. The van der Waals surface area contributed by atoms with E-state index in [1.54, 1.807) is 35.5 Å². The van der Waals surface area contributed by atoms with Gasteiger partial charge in [-0.2, -0.15) is 18.3 Å². The van der Waals surface area contributed by atoms with E-state index in [0.29, 0.717) is 39.0 Å². The number of amides is 5. The number of pyridine rings is 1. The zero-order valence-electron chi connectivity index (χ0n) is 42.7. The highest BCUT2D eigenvalue weighted by molar-refractivity contribution is 6.34. The molecule has 3 aromatic carbocycles. The van der Waals surface area contributed by atoms with Crippen LogP contribution < -0.4 is 16.0 Å². The fourth-order valence-corrected chi connectivity index (χ4v) is 10.2. The molecule has 2 saturated heterocycles. The third kappa shape index (κ3) is 11.7. The number of piperidine rings is 1. The van der Waals surface area contributed by atoms with Gasteiger partial charge in [-0.15, -0.1) is 0 Å². The number of alkyl halides is 3. The van der Waals surface area contributed by atoms with Crippen molar-refractivity contribution < 1.29 is 51.7 Å². The molecule has 1 atom stereocenters. The molecular weight excluding hydrogens is 1020 g/mol. The van der Waals surface area contributed by atoms with Crippen molar-refractivity contribution >= 4 is 52.9 Å². The molecule has 5 amide bonds. The van der Waals surface area contributed by atoms with Crippen molar-refractivity contribution in [3.63, 3.8) is 0 Å². The number of likely N-dealkylation sites (tertiary alicyclic amines) is 1. The average molecular weight is 1080 g/mol. The summed E-state index contributed by atoms with van der Waals surface area (Å²) in [5, 5.41) is 18.1. The second-order valence-electron chi connectivity index (χ2n) is 20.0. The van der Waals surface area contributed by atoms with E-state index >= 15 is 0 Å². The van der Waals surface area contributed by atoms with Gasteiger partial charge in [-0.1, -0.05) is 60.1 Å². The summed E-state index contributed by atoms with van der Waals surface area (Å²) < 4.78 is 57.6. The molecule has 2 aliphatic heterocycles. The number of primary amides is 1. The minimum absolute atomic E-state index is 0.0104. The Bertz CT molecular complexity index is 3150. The topological polar surface area (TPSA) is 224 Å². The molecule has 1 aliphatic carbocycles. The minimum Gasteiger partial charge on any atom is -0.448 e. The standard InChI is InChI=1S/C54H57ClF3N11O8/c1-53(2,3)77-51(74)67-20-17-32(18-21-67)49(72)65-23-25-66(26-24-65)50(73)39-15-13-33(27-42(39)55)62-48(71)47-61-29-43(64(47)4)40-30-69(63-46(40)54(56,57)58)45-16-14-34(28-60-45)68(22-19-44(59)70)52(75)76-31-41-37-11-7-5-9-35(37)36-10-6-8-12-38(36)41/h5-16,27-30,32,41,48,62,71H,17-26,31H2,1-4H3,(H2,59,70). The van der Waals surface area contributed by atoms with Crippen LogP contribution in [0.25, 0.3) is 28.2 Å². The SMILES string of the molecule is Cn1c(-c2cn(-c3ccc(N(CCC(N)=O)C(=O)OCC4c5ccccc5-c5ccccc54)cn3)nc2C(F)(F)F)cnc1C(O)Nc1ccc(C(=O)N2CCN(C(=O)C3CCN(C(=O)OC(C)(C)C)CC3)CC2)c(Cl)c1. The first-order chi connectivity index (χ1) is 36.6. The van der Waals surface area contributed by atoms with Crippen LogP contribution in [0.5, 0.6) is 0 Å². The number of nitrogens with two attached hydrogens (primary N) is 1. The fraction of sp³-hybridized carbons (Fsp3) is 0.370. The van der Waals surface area contributed by atoms with Gasteiger partial charge >= 0.3 is 18.4 Å². The lowest BCUT2D eigenvalue weighted by atomic mass is 9.95. The highest BCUT2D eigenvalue weighted by atomic mass is 35.5. The predicted molar refractivity (Wildman–Crippen MR) is 278 cm³/mol. The van der Waals surface area contributed by atoms with E-state index in [1.807, 2.05) is 48.5 Å². The van der Waals surface area contributed by atoms with E-state index in [1.165, 1.54) is 53.0 Å². The van der Waals surface area contributed by atoms with Gasteiger partial charge in [-0.25, -0.2) is 24.2 Å². The fourth-order valence-electron chi connectivity index (χ4n) is 9.90. The second kappa shape index (κ2) is 21.9. The number of nitrogens with zero attached hydrogens (tertiary/aromatic N) is 9. The molecule has 19 nitrogen and oxygen atoms in total. The monoisotopic (exact) mass is 1080 g/mol. The highest BCUT2D eigenvalue weighted by Crippen LogP contribution is 2.45. The number of aromatic nitrogens is 5. The van der Waals surface area contributed by atoms with E-state index in [-0.39, 0.29) is 101 Å². The van der Waals surface area contributed by atoms with Crippen LogP contribution in [-0.2, 0) is 32.3 Å². The minimum atomic E-state index is -4.94. The van der Waals surface area contributed by atoms with Crippen LogP contribution in [0.2, 0.25) is 5.02 Å². The molecule has 77 heavy (non-hydrogen) atoms. The summed E-state index contributed by atoms with van der Waals surface area (Å²) in [5.74, 6) is -1.63. The van der Waals surface area contributed by atoms with Crippen LogP contribution in [0.4, 0.5) is 34.1 Å². The summed E-state index contributed by atoms with van der Waals surface area (Å²) >= 11 is 6.63. The first-order valence-electron chi connectivity index (χ1n) is 25.0. The molecule has 5 heterocycles. The number of imidazole rings is 1. The summed E-state index contributed by atoms with van der Waals surface area (Å²) in [6.07, 6.45) is -3.33. The van der Waals surface area contributed by atoms with Crippen LogP contribution >= 0.6 is 11.6 Å². The molecule has 0 radical (unpaired) electrons. The predicted octanol–water partition coefficient (Wildman–Crippen LogP) is 8.01. The summed E-state index contributed by atoms with van der Waals surface area (Å²) in [6, 6.07) is 22.9. The third-order valence-electron chi connectivity index (χ3n) is 13.8. The molecule has 0 spiro atoms. The number of nitrogens with one attached hydrogen (secondary N) is 1. The maximum atomic E-state index is 14.7. The van der Waals surface area contributed by atoms with Crippen LogP contribution in [0.15, 0.2) is 97.5 Å². The lowest BCUT2D eigenvalue weighted by molar-refractivity contribution is -0.141. The first kappa shape index (κ1) is 53.8. The average Bonchev–Trinajstić information content (AvgIpc) is 4.14. The molecule has 404 valence electrons. The third-order valence-corrected chi connectivity index (χ3v) is 14.1. The van der Waals surface area contributed by atoms with Crippen molar-refractivity contribution in [3.05, 3.63) is 131 Å². The maximum absolute atomic E-state index is 14.7. The van der Waals surface area contributed by atoms with Gasteiger partial charge in [0.2, 0.25) is 11.8 Å². The number of carbonyl (C=O) groups excluding carboxylic acids is 5. The molecule has 23 heteroatoms. The Hall–Kier alpha value is -7.98. The molecule has 9 rings (SSSR count). The van der Waals surface area contributed by atoms with Crippen molar-refractivity contribution in [3.8, 4) is 28.2 Å². The Balaban J connectivity index is 0.830. The molecular formula is C54H57ClF3N11O8. The number of ether oxygens (including phenoxy) is 2. The van der Waals surface area contributed by atoms with Gasteiger partial charge in [0, 0.05) is 83.0 Å². The number of rotatable bonds is 13. The molecule has 6 aromatic rings. The molecule has 3 aromatic heterocycles. The molecule has 4 N–H and O–H groups in total. The maximum Gasteiger partial charge on any atom is 0.435 e. The Morgan fingerprint density at radius 3 is 2.09 bits per heavy atom. The number of aliphatic hydroxyl groups excluding tert-OH is 1. The van der Waals surface area contributed by atoms with Crippen LogP contribution in [0.3, 0.4) is 0 Å². The first-order valence-corrected chi connectivity index (χ1v) is 25.4. The zero-order valence-corrected chi connectivity index (χ0v) is 43.4. The van der Waals surface area contributed by atoms with Crippen molar-refractivity contribution in [2.24, 2.45) is 18.7 Å². The van der Waals surface area contributed by atoms with Crippen molar-refractivity contribution in [2.75, 3.05) is 62.6 Å². The van der Waals surface area contributed by atoms with Crippen LogP contribution in [-0.4, -0.2) is 132 Å². The van der Waals surface area contributed by atoms with Crippen molar-refractivity contribution in [2.45, 2.75) is 64.0 Å². The molecule has 0 bridgehead atoms. The van der Waals surface area contributed by atoms with Gasteiger partial charge in [0.1, 0.15) is 12.2 Å². The number of carbonyl (C=O) groups is 5. The number of piperazine rings is 1. The van der Waals surface area contributed by atoms with Gasteiger partial charge < -0.3 is 44.9 Å². The zero-order chi connectivity index (χ0) is 54.9. The Morgan fingerprint density at radius 2 is 1.49 bits per heavy atom. The van der Waals surface area contributed by atoms with Crippen molar-refractivity contribution in [1.82, 2.24) is 39.0 Å². The summed E-state index contributed by atoms with van der Waals surface area (Å²) in [5.41, 5.74) is 7.87. The van der Waals surface area contributed by atoms with E-state index in [0.717, 1.165) is 39.3 Å². The van der Waals surface area contributed by atoms with E-state index in [4.69, 9.17) is 26.8 Å². The second-order valence-corrected chi connectivity index (χ2v) is 20.4. The Kier molecular flexibility index (Phi) is 15.3. The Morgan fingerprint density at radius 1 is 0.844 bits per heavy atom. The summed E-state index contributed by atoms with van der Waals surface area (Å²) in [6.45, 7) is 7.28. The normalized spacial score (nSPS) is 15.4. The van der Waals surface area contributed by atoms with Gasteiger partial charge in [-0.3, -0.25) is 19.3 Å². The van der Waals surface area contributed by atoms with Crippen molar-refractivity contribution in [1.29, 1.82) is 0 Å².